The molecule has 0 aliphatic carbocycles. The van der Waals surface area contributed by atoms with Gasteiger partial charge >= 0.3 is 5.97 Å². The molecule has 3 heterocycles. The number of rotatable bonds is 9. The lowest BCUT2D eigenvalue weighted by Crippen LogP contribution is -2.39. The van der Waals surface area contributed by atoms with Crippen molar-refractivity contribution in [2.75, 3.05) is 20.3 Å². The molecule has 0 spiro atoms. The van der Waals surface area contributed by atoms with Gasteiger partial charge in [0.05, 0.1) is 36.5 Å². The Morgan fingerprint density at radius 2 is 1.65 bits per heavy atom. The minimum atomic E-state index is -0.764. The maximum atomic E-state index is 14.4. The van der Waals surface area contributed by atoms with Crippen LogP contribution in [-0.2, 0) is 16.1 Å². The number of thiazole rings is 1. The van der Waals surface area contributed by atoms with Gasteiger partial charge in [-0.1, -0.05) is 78.1 Å². The third kappa shape index (κ3) is 5.40. The lowest BCUT2D eigenvalue weighted by Gasteiger charge is -2.23. The van der Waals surface area contributed by atoms with Gasteiger partial charge in [0.25, 0.3) is 5.56 Å². The van der Waals surface area contributed by atoms with Crippen LogP contribution < -0.4 is 24.4 Å². The number of esters is 1. The fraction of sp³-hybridized carbons (Fsp3) is 0.205. The summed E-state index contributed by atoms with van der Waals surface area (Å²) in [6.07, 6.45) is 3.47. The maximum absolute atomic E-state index is 14.4. The van der Waals surface area contributed by atoms with Gasteiger partial charge in [0, 0.05) is 34.9 Å². The SMILES string of the molecule is CCOc1ccc([C@@H]2C(C(=O)OC)=CN=c3s/c(=C/c4c(C)n(Cc5cccc6ccccc56)c5ccccc45)c(=O)n32)cc1OCC. The van der Waals surface area contributed by atoms with E-state index in [-0.39, 0.29) is 11.1 Å². The van der Waals surface area contributed by atoms with Crippen LogP contribution in [0.2, 0.25) is 0 Å². The molecule has 0 N–H and O–H groups in total. The van der Waals surface area contributed by atoms with E-state index in [4.69, 9.17) is 14.2 Å². The second kappa shape index (κ2) is 13.0. The lowest BCUT2D eigenvalue weighted by atomic mass is 9.97. The summed E-state index contributed by atoms with van der Waals surface area (Å²) in [5.41, 5.74) is 5.03. The van der Waals surface area contributed by atoms with E-state index in [2.05, 4.69) is 71.1 Å². The highest BCUT2D eigenvalue weighted by Gasteiger charge is 2.31. The van der Waals surface area contributed by atoms with E-state index in [9.17, 15) is 9.59 Å². The standard InChI is InChI=1S/C39H35N3O5S/c1-5-46-33-19-18-26(20-34(33)47-6-2)36-31(38(44)45-4)22-40-39-42(36)37(43)35(48-39)21-30-24(3)41(32-17-10-9-16-29(30)32)23-27-14-11-13-25-12-7-8-15-28(25)27/h7-22,36H,5-6,23H2,1-4H3/b35-21+/t36-/m1/s1. The number of carbonyl (C=O) groups excluding carboxylic acids is 1. The van der Waals surface area contributed by atoms with Crippen molar-refractivity contribution in [3.05, 3.63) is 139 Å². The lowest BCUT2D eigenvalue weighted by molar-refractivity contribution is -0.136. The number of carbonyl (C=O) groups is 1. The fourth-order valence-corrected chi connectivity index (χ4v) is 7.51. The molecular formula is C39H35N3O5S. The number of ether oxygens (including phenoxy) is 3. The molecule has 8 nitrogen and oxygen atoms in total. The predicted molar refractivity (Wildman–Crippen MR) is 190 cm³/mol. The molecule has 1 aliphatic heterocycles. The number of methoxy groups -OCH3 is 1. The Morgan fingerprint density at radius 3 is 2.44 bits per heavy atom. The van der Waals surface area contributed by atoms with E-state index >= 15 is 0 Å². The fourth-order valence-electron chi connectivity index (χ4n) is 6.56. The van der Waals surface area contributed by atoms with Gasteiger partial charge in [0.15, 0.2) is 16.3 Å². The Hall–Kier alpha value is -5.41. The van der Waals surface area contributed by atoms with Crippen LogP contribution in [0, 0.1) is 6.92 Å². The van der Waals surface area contributed by atoms with Crippen LogP contribution in [0.3, 0.4) is 0 Å². The zero-order valence-electron chi connectivity index (χ0n) is 27.2. The highest BCUT2D eigenvalue weighted by molar-refractivity contribution is 7.07. The topological polar surface area (TPSA) is 84.0 Å². The van der Waals surface area contributed by atoms with Crippen molar-refractivity contribution in [2.24, 2.45) is 4.99 Å². The molecular weight excluding hydrogens is 623 g/mol. The van der Waals surface area contributed by atoms with E-state index in [1.165, 1.54) is 41.0 Å². The van der Waals surface area contributed by atoms with Crippen LogP contribution >= 0.6 is 11.3 Å². The zero-order chi connectivity index (χ0) is 33.4. The largest absolute Gasteiger partial charge is 0.490 e. The van der Waals surface area contributed by atoms with Crippen molar-refractivity contribution in [1.82, 2.24) is 9.13 Å². The van der Waals surface area contributed by atoms with E-state index in [1.54, 1.807) is 4.57 Å². The monoisotopic (exact) mass is 657 g/mol. The summed E-state index contributed by atoms with van der Waals surface area (Å²) in [5, 5.41) is 3.48. The van der Waals surface area contributed by atoms with Gasteiger partial charge in [-0.25, -0.2) is 9.79 Å². The van der Waals surface area contributed by atoms with Crippen molar-refractivity contribution < 1.29 is 19.0 Å². The van der Waals surface area contributed by atoms with Crippen molar-refractivity contribution in [3.63, 3.8) is 0 Å². The molecule has 242 valence electrons. The van der Waals surface area contributed by atoms with Crippen LogP contribution in [0.25, 0.3) is 27.8 Å². The number of benzene rings is 4. The zero-order valence-corrected chi connectivity index (χ0v) is 28.0. The molecule has 9 heteroatoms. The minimum Gasteiger partial charge on any atom is -0.490 e. The Bertz CT molecular complexity index is 2410. The molecule has 1 atom stereocenters. The molecule has 7 rings (SSSR count). The first-order valence-electron chi connectivity index (χ1n) is 16.0. The summed E-state index contributed by atoms with van der Waals surface area (Å²) >= 11 is 1.30. The molecule has 0 amide bonds. The second-order valence-electron chi connectivity index (χ2n) is 11.5. The number of hydrogen-bond acceptors (Lipinski definition) is 7. The minimum absolute atomic E-state index is 0.240. The van der Waals surface area contributed by atoms with Crippen LogP contribution in [0.5, 0.6) is 11.5 Å². The number of fused-ring (bicyclic) bond motifs is 3. The Labute approximate surface area is 281 Å². The molecule has 4 aromatic carbocycles. The van der Waals surface area contributed by atoms with Gasteiger partial charge in [0.1, 0.15) is 0 Å². The van der Waals surface area contributed by atoms with E-state index in [0.29, 0.717) is 46.2 Å². The van der Waals surface area contributed by atoms with Crippen molar-refractivity contribution in [3.8, 4) is 11.5 Å². The van der Waals surface area contributed by atoms with Crippen molar-refractivity contribution >= 4 is 45.1 Å². The molecule has 0 unspecified atom stereocenters. The summed E-state index contributed by atoms with van der Waals surface area (Å²) in [6.45, 7) is 7.49. The Morgan fingerprint density at radius 1 is 0.917 bits per heavy atom. The summed E-state index contributed by atoms with van der Waals surface area (Å²) in [5.74, 6) is 0.571. The Kier molecular flexibility index (Phi) is 8.45. The normalized spacial score (nSPS) is 14.5. The molecule has 0 radical (unpaired) electrons. The Balaban J connectivity index is 1.38. The molecule has 0 bridgehead atoms. The maximum Gasteiger partial charge on any atom is 0.337 e. The molecule has 1 aliphatic rings. The summed E-state index contributed by atoms with van der Waals surface area (Å²) in [7, 11) is 1.33. The van der Waals surface area contributed by atoms with Gasteiger partial charge in [-0.3, -0.25) is 9.36 Å². The first-order valence-corrected chi connectivity index (χ1v) is 16.8. The highest BCUT2D eigenvalue weighted by atomic mass is 32.1. The summed E-state index contributed by atoms with van der Waals surface area (Å²) < 4.78 is 21.2. The average molecular weight is 658 g/mol. The predicted octanol–water partition coefficient (Wildman–Crippen LogP) is 6.28. The summed E-state index contributed by atoms with van der Waals surface area (Å²) in [4.78, 5) is 32.5. The number of hydrogen-bond donors (Lipinski definition) is 0. The van der Waals surface area contributed by atoms with Crippen LogP contribution in [0.1, 0.15) is 42.3 Å². The molecule has 6 aromatic rings. The summed E-state index contributed by atoms with van der Waals surface area (Å²) in [6, 6.07) is 27.8. The number of para-hydroxylation sites is 1. The van der Waals surface area contributed by atoms with Gasteiger partial charge in [-0.2, -0.15) is 0 Å². The van der Waals surface area contributed by atoms with Crippen LogP contribution in [-0.4, -0.2) is 35.4 Å². The van der Waals surface area contributed by atoms with Gasteiger partial charge < -0.3 is 18.8 Å². The van der Waals surface area contributed by atoms with Crippen molar-refractivity contribution in [2.45, 2.75) is 33.4 Å². The van der Waals surface area contributed by atoms with Gasteiger partial charge in [-0.05, 0) is 66.9 Å². The van der Waals surface area contributed by atoms with Crippen LogP contribution in [0.15, 0.2) is 106 Å². The average Bonchev–Trinajstić information content (AvgIpc) is 3.57. The molecule has 0 fully saturated rings. The molecule has 48 heavy (non-hydrogen) atoms. The smallest absolute Gasteiger partial charge is 0.337 e. The molecule has 0 saturated carbocycles. The van der Waals surface area contributed by atoms with E-state index in [0.717, 1.165) is 22.2 Å². The van der Waals surface area contributed by atoms with Gasteiger partial charge in [0.2, 0.25) is 0 Å². The second-order valence-corrected chi connectivity index (χ2v) is 12.5. The quantitative estimate of drug-likeness (QED) is 0.171. The third-order valence-corrected chi connectivity index (χ3v) is 9.77. The number of aromatic nitrogens is 2. The van der Waals surface area contributed by atoms with Gasteiger partial charge in [-0.15, -0.1) is 0 Å². The van der Waals surface area contributed by atoms with Crippen LogP contribution in [0.4, 0.5) is 0 Å². The number of nitrogens with zero attached hydrogens (tertiary/aromatic N) is 3. The molecule has 2 aromatic heterocycles. The van der Waals surface area contributed by atoms with E-state index in [1.807, 2.05) is 50.3 Å². The third-order valence-electron chi connectivity index (χ3n) is 8.77. The first kappa shape index (κ1) is 31.2. The molecule has 0 saturated heterocycles. The highest BCUT2D eigenvalue weighted by Crippen LogP contribution is 2.35. The van der Waals surface area contributed by atoms with E-state index < -0.39 is 12.0 Å². The van der Waals surface area contributed by atoms with Crippen molar-refractivity contribution in [1.29, 1.82) is 0 Å². The first-order chi connectivity index (χ1) is 23.4.